The predicted octanol–water partition coefficient (Wildman–Crippen LogP) is 2.34. The van der Waals surface area contributed by atoms with E-state index in [9.17, 15) is 4.79 Å². The fourth-order valence-electron chi connectivity index (χ4n) is 1.15. The molecule has 18 heavy (non-hydrogen) atoms. The van der Waals surface area contributed by atoms with E-state index >= 15 is 0 Å². The summed E-state index contributed by atoms with van der Waals surface area (Å²) in [5.41, 5.74) is -0.447. The molecule has 0 saturated heterocycles. The van der Waals surface area contributed by atoms with Crippen molar-refractivity contribution in [3.63, 3.8) is 0 Å². The van der Waals surface area contributed by atoms with Crippen LogP contribution in [0.4, 0.5) is 4.79 Å². The van der Waals surface area contributed by atoms with Crippen molar-refractivity contribution in [3.05, 3.63) is 0 Å². The Hall–Kier alpha value is -0.810. The number of hydrogen-bond acceptors (Lipinski definition) is 4. The fourth-order valence-corrected chi connectivity index (χ4v) is 1.15. The van der Waals surface area contributed by atoms with Gasteiger partial charge in [-0.05, 0) is 33.6 Å². The van der Waals surface area contributed by atoms with Gasteiger partial charge in [0.1, 0.15) is 5.60 Å². The maximum absolute atomic E-state index is 11.3. The number of ether oxygens (including phenoxy) is 3. The average Bonchev–Trinajstić information content (AvgIpc) is 2.24. The fraction of sp³-hybridized carbons (Fsp3) is 0.923. The smallest absolute Gasteiger partial charge is 0.407 e. The maximum atomic E-state index is 11.3. The maximum Gasteiger partial charge on any atom is 0.407 e. The average molecular weight is 261 g/mol. The highest BCUT2D eigenvalue weighted by molar-refractivity contribution is 5.67. The summed E-state index contributed by atoms with van der Waals surface area (Å²) in [6, 6.07) is 0. The summed E-state index contributed by atoms with van der Waals surface area (Å²) in [6.45, 7) is 10.8. The van der Waals surface area contributed by atoms with Gasteiger partial charge in [0, 0.05) is 19.8 Å². The van der Waals surface area contributed by atoms with Gasteiger partial charge in [0.25, 0.3) is 0 Å². The molecule has 0 aromatic carbocycles. The highest BCUT2D eigenvalue weighted by Crippen LogP contribution is 2.06. The Morgan fingerprint density at radius 1 is 1.06 bits per heavy atom. The van der Waals surface area contributed by atoms with E-state index in [1.807, 2.05) is 20.8 Å². The number of nitrogens with one attached hydrogen (secondary N) is 1. The molecular weight excluding hydrogens is 234 g/mol. The molecule has 0 aliphatic rings. The molecule has 0 unspecified atom stereocenters. The molecule has 5 nitrogen and oxygen atoms in total. The van der Waals surface area contributed by atoms with Crippen molar-refractivity contribution in [3.8, 4) is 0 Å². The lowest BCUT2D eigenvalue weighted by molar-refractivity contribution is 0.0437. The van der Waals surface area contributed by atoms with Gasteiger partial charge in [0.2, 0.25) is 0 Å². The van der Waals surface area contributed by atoms with Crippen LogP contribution >= 0.6 is 0 Å². The van der Waals surface area contributed by atoms with Crippen LogP contribution in [-0.4, -0.2) is 44.7 Å². The van der Waals surface area contributed by atoms with Gasteiger partial charge in [0.15, 0.2) is 0 Å². The van der Waals surface area contributed by atoms with E-state index < -0.39 is 5.60 Å². The van der Waals surface area contributed by atoms with Crippen molar-refractivity contribution in [2.75, 3.05) is 33.0 Å². The molecule has 0 aliphatic carbocycles. The molecule has 5 heteroatoms. The van der Waals surface area contributed by atoms with Crippen LogP contribution in [0.5, 0.6) is 0 Å². The van der Waals surface area contributed by atoms with Gasteiger partial charge < -0.3 is 19.5 Å². The van der Waals surface area contributed by atoms with Gasteiger partial charge in [-0.25, -0.2) is 4.79 Å². The Morgan fingerprint density at radius 2 is 1.67 bits per heavy atom. The summed E-state index contributed by atoms with van der Waals surface area (Å²) in [7, 11) is 0. The molecule has 0 heterocycles. The van der Waals surface area contributed by atoms with Gasteiger partial charge >= 0.3 is 6.09 Å². The summed E-state index contributed by atoms with van der Waals surface area (Å²) in [5, 5.41) is 2.68. The Kier molecular flexibility index (Phi) is 9.69. The summed E-state index contributed by atoms with van der Waals surface area (Å²) >= 11 is 0. The summed E-state index contributed by atoms with van der Waals surface area (Å²) < 4.78 is 15.7. The van der Waals surface area contributed by atoms with Gasteiger partial charge in [-0.15, -0.1) is 0 Å². The quantitative estimate of drug-likeness (QED) is 0.647. The van der Waals surface area contributed by atoms with E-state index in [2.05, 4.69) is 12.2 Å². The van der Waals surface area contributed by atoms with E-state index in [0.717, 1.165) is 19.4 Å². The molecule has 0 saturated carbocycles. The molecule has 0 atom stereocenters. The normalized spacial score (nSPS) is 11.3. The molecular formula is C13H27NO4. The molecule has 0 bridgehead atoms. The zero-order valence-corrected chi connectivity index (χ0v) is 12.1. The van der Waals surface area contributed by atoms with Gasteiger partial charge in [-0.3, -0.25) is 0 Å². The summed E-state index contributed by atoms with van der Waals surface area (Å²) in [5.74, 6) is 0. The van der Waals surface area contributed by atoms with Gasteiger partial charge in [-0.2, -0.15) is 0 Å². The third kappa shape index (κ3) is 13.3. The van der Waals surface area contributed by atoms with Crippen LogP contribution in [0.3, 0.4) is 0 Å². The van der Waals surface area contributed by atoms with Crippen LogP contribution in [0.15, 0.2) is 0 Å². The first-order valence-corrected chi connectivity index (χ1v) is 6.58. The summed E-state index contributed by atoms with van der Waals surface area (Å²) in [6.07, 6.45) is 1.42. The second-order valence-corrected chi connectivity index (χ2v) is 5.01. The number of carbonyl (C=O) groups excluding carboxylic acids is 1. The van der Waals surface area contributed by atoms with Crippen molar-refractivity contribution >= 4 is 6.09 Å². The monoisotopic (exact) mass is 261 g/mol. The minimum atomic E-state index is -0.447. The van der Waals surface area contributed by atoms with Gasteiger partial charge in [0.05, 0.1) is 13.2 Å². The second-order valence-electron chi connectivity index (χ2n) is 5.01. The lowest BCUT2D eigenvalue weighted by Crippen LogP contribution is -2.33. The largest absolute Gasteiger partial charge is 0.444 e. The van der Waals surface area contributed by atoms with E-state index in [-0.39, 0.29) is 6.09 Å². The summed E-state index contributed by atoms with van der Waals surface area (Å²) in [4.78, 5) is 11.3. The zero-order valence-electron chi connectivity index (χ0n) is 12.1. The number of amides is 1. The van der Waals surface area contributed by atoms with Crippen molar-refractivity contribution in [2.45, 2.75) is 46.1 Å². The molecule has 1 amide bonds. The van der Waals surface area contributed by atoms with Crippen LogP contribution in [0.25, 0.3) is 0 Å². The molecule has 0 spiro atoms. The molecule has 0 aromatic heterocycles. The Morgan fingerprint density at radius 3 is 2.22 bits per heavy atom. The SMILES string of the molecule is CCCOCCOCCCNC(=O)OC(C)(C)C. The third-order valence-electron chi connectivity index (χ3n) is 1.85. The molecule has 1 N–H and O–H groups in total. The standard InChI is InChI=1S/C13H27NO4/c1-5-8-16-10-11-17-9-6-7-14-12(15)18-13(2,3)4/h5-11H2,1-4H3,(H,14,15). The first-order valence-electron chi connectivity index (χ1n) is 6.58. The van der Waals surface area contributed by atoms with Crippen LogP contribution in [0.1, 0.15) is 40.5 Å². The molecule has 108 valence electrons. The number of hydrogen-bond donors (Lipinski definition) is 1. The van der Waals surface area contributed by atoms with Crippen molar-refractivity contribution in [1.29, 1.82) is 0 Å². The molecule has 0 radical (unpaired) electrons. The first-order chi connectivity index (χ1) is 8.45. The van der Waals surface area contributed by atoms with Crippen LogP contribution in [0.2, 0.25) is 0 Å². The minimum Gasteiger partial charge on any atom is -0.444 e. The van der Waals surface area contributed by atoms with E-state index in [1.165, 1.54) is 0 Å². The van der Waals surface area contributed by atoms with Crippen molar-refractivity contribution in [1.82, 2.24) is 5.32 Å². The number of rotatable bonds is 9. The minimum absolute atomic E-state index is 0.381. The molecule has 0 aromatic rings. The molecule has 0 fully saturated rings. The predicted molar refractivity (Wildman–Crippen MR) is 70.8 cm³/mol. The lowest BCUT2D eigenvalue weighted by Gasteiger charge is -2.19. The van der Waals surface area contributed by atoms with Crippen molar-refractivity contribution in [2.24, 2.45) is 0 Å². The number of alkyl carbamates (subject to hydrolysis) is 1. The third-order valence-corrected chi connectivity index (χ3v) is 1.85. The zero-order chi connectivity index (χ0) is 13.9. The van der Waals surface area contributed by atoms with Crippen LogP contribution in [0, 0.1) is 0 Å². The Labute approximate surface area is 110 Å². The van der Waals surface area contributed by atoms with Crippen molar-refractivity contribution < 1.29 is 19.0 Å². The number of carbonyl (C=O) groups is 1. The lowest BCUT2D eigenvalue weighted by atomic mass is 10.2. The molecule has 0 rings (SSSR count). The van der Waals surface area contributed by atoms with E-state index in [4.69, 9.17) is 14.2 Å². The second kappa shape index (κ2) is 10.1. The van der Waals surface area contributed by atoms with E-state index in [1.54, 1.807) is 0 Å². The first kappa shape index (κ1) is 17.2. The topological polar surface area (TPSA) is 56.8 Å². The van der Waals surface area contributed by atoms with Crippen LogP contribution < -0.4 is 5.32 Å². The highest BCUT2D eigenvalue weighted by atomic mass is 16.6. The highest BCUT2D eigenvalue weighted by Gasteiger charge is 2.15. The molecule has 0 aliphatic heterocycles. The van der Waals surface area contributed by atoms with Crippen LogP contribution in [-0.2, 0) is 14.2 Å². The van der Waals surface area contributed by atoms with E-state index in [0.29, 0.717) is 26.4 Å². The van der Waals surface area contributed by atoms with Gasteiger partial charge in [-0.1, -0.05) is 6.92 Å². The Bertz CT molecular complexity index is 214. The Balaban J connectivity index is 3.23.